The zero-order chi connectivity index (χ0) is 12.3. The average molecular weight is 237 g/mol. The molecule has 1 aromatic rings. The zero-order valence-electron chi connectivity index (χ0n) is 10.3. The van der Waals surface area contributed by atoms with Crippen LogP contribution in [0.4, 0.5) is 5.82 Å². The molecule has 0 bridgehead atoms. The smallest absolute Gasteiger partial charge is 0.161 e. The van der Waals surface area contributed by atoms with Gasteiger partial charge in [0.15, 0.2) is 5.82 Å². The standard InChI is InChI=1S/C11H19N5O/c1-3-8-6-10(15-12)14-11(13-8)9-7-16(2)4-5-17-9/h6,9H,3-5,7,12H2,1-2H3,(H,13,14,15). The molecule has 6 heteroatoms. The van der Waals surface area contributed by atoms with Gasteiger partial charge in [0, 0.05) is 24.8 Å². The second-order valence-electron chi connectivity index (χ2n) is 4.22. The molecule has 1 atom stereocenters. The molecule has 0 aromatic carbocycles. The van der Waals surface area contributed by atoms with Gasteiger partial charge in [-0.15, -0.1) is 0 Å². The molecule has 3 N–H and O–H groups in total. The fourth-order valence-electron chi connectivity index (χ4n) is 1.85. The fraction of sp³-hybridized carbons (Fsp3) is 0.636. The normalized spacial score (nSPS) is 21.5. The number of nitrogen functional groups attached to an aromatic ring is 1. The van der Waals surface area contributed by atoms with Crippen molar-refractivity contribution in [3.63, 3.8) is 0 Å². The van der Waals surface area contributed by atoms with Crippen molar-refractivity contribution in [1.82, 2.24) is 14.9 Å². The van der Waals surface area contributed by atoms with Gasteiger partial charge in [-0.1, -0.05) is 6.92 Å². The lowest BCUT2D eigenvalue weighted by Gasteiger charge is -2.29. The van der Waals surface area contributed by atoms with Crippen molar-refractivity contribution in [1.29, 1.82) is 0 Å². The lowest BCUT2D eigenvalue weighted by atomic mass is 10.2. The van der Waals surface area contributed by atoms with Crippen LogP contribution in [0.5, 0.6) is 0 Å². The molecule has 1 aliphatic heterocycles. The Balaban J connectivity index is 2.23. The van der Waals surface area contributed by atoms with E-state index >= 15 is 0 Å². The number of hydrazine groups is 1. The van der Waals surface area contributed by atoms with E-state index in [0.717, 1.165) is 25.2 Å². The first-order chi connectivity index (χ1) is 8.22. The molecule has 0 spiro atoms. The molecule has 2 heterocycles. The van der Waals surface area contributed by atoms with Crippen molar-refractivity contribution in [2.24, 2.45) is 5.84 Å². The maximum absolute atomic E-state index is 5.70. The molecule has 94 valence electrons. The summed E-state index contributed by atoms with van der Waals surface area (Å²) in [6, 6.07) is 1.86. The van der Waals surface area contributed by atoms with Crippen LogP contribution in [0.15, 0.2) is 6.07 Å². The van der Waals surface area contributed by atoms with E-state index in [0.29, 0.717) is 18.2 Å². The highest BCUT2D eigenvalue weighted by molar-refractivity contribution is 5.34. The van der Waals surface area contributed by atoms with E-state index in [9.17, 15) is 0 Å². The number of ether oxygens (including phenoxy) is 1. The Morgan fingerprint density at radius 1 is 1.59 bits per heavy atom. The van der Waals surface area contributed by atoms with E-state index in [4.69, 9.17) is 10.6 Å². The van der Waals surface area contributed by atoms with Crippen molar-refractivity contribution in [2.45, 2.75) is 19.4 Å². The monoisotopic (exact) mass is 237 g/mol. The summed E-state index contributed by atoms with van der Waals surface area (Å²) in [5.41, 5.74) is 3.54. The molecule has 1 fully saturated rings. The number of rotatable bonds is 3. The van der Waals surface area contributed by atoms with Gasteiger partial charge in [0.2, 0.25) is 0 Å². The molecule has 17 heavy (non-hydrogen) atoms. The molecular formula is C11H19N5O. The molecular weight excluding hydrogens is 218 g/mol. The number of aryl methyl sites for hydroxylation is 1. The van der Waals surface area contributed by atoms with Crippen LogP contribution in [-0.2, 0) is 11.2 Å². The van der Waals surface area contributed by atoms with E-state index in [1.807, 2.05) is 6.07 Å². The third-order valence-electron chi connectivity index (χ3n) is 2.86. The Labute approximate surface area is 101 Å². The molecule has 0 aliphatic carbocycles. The zero-order valence-corrected chi connectivity index (χ0v) is 10.3. The van der Waals surface area contributed by atoms with Gasteiger partial charge in [-0.2, -0.15) is 0 Å². The summed E-state index contributed by atoms with van der Waals surface area (Å²) in [4.78, 5) is 11.1. The minimum Gasteiger partial charge on any atom is -0.368 e. The van der Waals surface area contributed by atoms with Crippen molar-refractivity contribution >= 4 is 5.82 Å². The van der Waals surface area contributed by atoms with Gasteiger partial charge in [-0.05, 0) is 13.5 Å². The second kappa shape index (κ2) is 5.39. The number of hydrogen-bond acceptors (Lipinski definition) is 6. The summed E-state index contributed by atoms with van der Waals surface area (Å²) in [6.07, 6.45) is 0.791. The number of morpholine rings is 1. The topological polar surface area (TPSA) is 76.3 Å². The van der Waals surface area contributed by atoms with Gasteiger partial charge in [0.1, 0.15) is 11.9 Å². The average Bonchev–Trinajstić information content (AvgIpc) is 2.38. The summed E-state index contributed by atoms with van der Waals surface area (Å²) in [5, 5.41) is 0. The lowest BCUT2D eigenvalue weighted by molar-refractivity contribution is -0.0255. The number of hydrogen-bond donors (Lipinski definition) is 2. The van der Waals surface area contributed by atoms with Crippen molar-refractivity contribution < 1.29 is 4.74 Å². The van der Waals surface area contributed by atoms with Crippen LogP contribution in [0.25, 0.3) is 0 Å². The first-order valence-electron chi connectivity index (χ1n) is 5.87. The van der Waals surface area contributed by atoms with Gasteiger partial charge >= 0.3 is 0 Å². The second-order valence-corrected chi connectivity index (χ2v) is 4.22. The van der Waals surface area contributed by atoms with Gasteiger partial charge < -0.3 is 15.1 Å². The van der Waals surface area contributed by atoms with Crippen LogP contribution in [-0.4, -0.2) is 41.6 Å². The van der Waals surface area contributed by atoms with E-state index in [-0.39, 0.29) is 6.10 Å². The number of nitrogens with one attached hydrogen (secondary N) is 1. The van der Waals surface area contributed by atoms with Gasteiger partial charge in [0.05, 0.1) is 6.61 Å². The van der Waals surface area contributed by atoms with Crippen LogP contribution in [0.1, 0.15) is 24.5 Å². The van der Waals surface area contributed by atoms with E-state index in [2.05, 4.69) is 34.3 Å². The number of aromatic nitrogens is 2. The molecule has 1 unspecified atom stereocenters. The number of nitrogens with two attached hydrogens (primary N) is 1. The summed E-state index contributed by atoms with van der Waals surface area (Å²) < 4.78 is 5.70. The maximum Gasteiger partial charge on any atom is 0.161 e. The first-order valence-corrected chi connectivity index (χ1v) is 5.87. The van der Waals surface area contributed by atoms with Crippen molar-refractivity contribution in [2.75, 3.05) is 32.2 Å². The molecule has 1 aliphatic rings. The number of nitrogens with zero attached hydrogens (tertiary/aromatic N) is 3. The maximum atomic E-state index is 5.70. The molecule has 0 saturated carbocycles. The molecule has 1 aromatic heterocycles. The Kier molecular flexibility index (Phi) is 3.88. The minimum atomic E-state index is -0.0626. The van der Waals surface area contributed by atoms with Crippen LogP contribution >= 0.6 is 0 Å². The third kappa shape index (κ3) is 2.91. The highest BCUT2D eigenvalue weighted by Crippen LogP contribution is 2.20. The lowest BCUT2D eigenvalue weighted by Crippen LogP contribution is -2.36. The molecule has 2 rings (SSSR count). The van der Waals surface area contributed by atoms with Gasteiger partial charge in [0.25, 0.3) is 0 Å². The summed E-state index contributed by atoms with van der Waals surface area (Å²) in [5.74, 6) is 6.76. The Bertz CT molecular complexity index is 362. The fourth-order valence-corrected chi connectivity index (χ4v) is 1.85. The van der Waals surface area contributed by atoms with Gasteiger partial charge in [-0.3, -0.25) is 0 Å². The van der Waals surface area contributed by atoms with Gasteiger partial charge in [-0.25, -0.2) is 15.8 Å². The highest BCUT2D eigenvalue weighted by atomic mass is 16.5. The van der Waals surface area contributed by atoms with Crippen molar-refractivity contribution in [3.8, 4) is 0 Å². The van der Waals surface area contributed by atoms with E-state index < -0.39 is 0 Å². The molecule has 0 amide bonds. The Morgan fingerprint density at radius 2 is 2.41 bits per heavy atom. The van der Waals surface area contributed by atoms with E-state index in [1.165, 1.54) is 0 Å². The highest BCUT2D eigenvalue weighted by Gasteiger charge is 2.22. The number of likely N-dealkylation sites (N-methyl/N-ethyl adjacent to an activating group) is 1. The van der Waals surface area contributed by atoms with Crippen LogP contribution in [0.2, 0.25) is 0 Å². The van der Waals surface area contributed by atoms with Crippen LogP contribution in [0, 0.1) is 0 Å². The quantitative estimate of drug-likeness (QED) is 0.583. The molecule has 1 saturated heterocycles. The molecule has 6 nitrogen and oxygen atoms in total. The summed E-state index contributed by atoms with van der Waals surface area (Å²) >= 11 is 0. The largest absolute Gasteiger partial charge is 0.368 e. The first kappa shape index (κ1) is 12.2. The van der Waals surface area contributed by atoms with Crippen LogP contribution in [0.3, 0.4) is 0 Å². The van der Waals surface area contributed by atoms with Crippen molar-refractivity contribution in [3.05, 3.63) is 17.6 Å². The minimum absolute atomic E-state index is 0.0626. The predicted octanol–water partition coefficient (Wildman–Crippen LogP) is 0.328. The molecule has 0 radical (unpaired) electrons. The number of anilines is 1. The summed E-state index contributed by atoms with van der Waals surface area (Å²) in [7, 11) is 2.07. The third-order valence-corrected chi connectivity index (χ3v) is 2.86. The summed E-state index contributed by atoms with van der Waals surface area (Å²) in [6.45, 7) is 4.54. The van der Waals surface area contributed by atoms with E-state index in [1.54, 1.807) is 0 Å². The van der Waals surface area contributed by atoms with Crippen LogP contribution < -0.4 is 11.3 Å². The Morgan fingerprint density at radius 3 is 3.06 bits per heavy atom. The SMILES string of the molecule is CCc1cc(NN)nc(C2CN(C)CCO2)n1. The Hall–Kier alpha value is -1.24. The predicted molar refractivity (Wildman–Crippen MR) is 65.4 cm³/mol.